The van der Waals surface area contributed by atoms with E-state index in [1.807, 2.05) is 6.92 Å². The van der Waals surface area contributed by atoms with Crippen LogP contribution in [-0.2, 0) is 6.42 Å². The van der Waals surface area contributed by atoms with Crippen molar-refractivity contribution in [3.05, 3.63) is 40.7 Å². The second-order valence-electron chi connectivity index (χ2n) is 4.36. The third-order valence-electron chi connectivity index (χ3n) is 2.87. The predicted molar refractivity (Wildman–Crippen MR) is 77.5 cm³/mol. The molecular weight excluding hydrogens is 279 g/mol. The van der Waals surface area contributed by atoms with E-state index < -0.39 is 5.97 Å². The average Bonchev–Trinajstić information content (AvgIpc) is 2.83. The van der Waals surface area contributed by atoms with E-state index in [0.29, 0.717) is 17.2 Å². The van der Waals surface area contributed by atoms with Gasteiger partial charge in [0.05, 0.1) is 5.69 Å². The van der Waals surface area contributed by atoms with Gasteiger partial charge in [0.1, 0.15) is 10.7 Å². The largest absolute Gasteiger partial charge is 0.477 e. The molecule has 1 heterocycles. The minimum absolute atomic E-state index is 0.274. The molecule has 0 atom stereocenters. The Hall–Kier alpha value is -1.95. The number of aromatic nitrogens is 1. The van der Waals surface area contributed by atoms with Gasteiger partial charge in [-0.15, -0.1) is 0 Å². The normalized spacial score (nSPS) is 10.6. The Balaban J connectivity index is 2.34. The topological polar surface area (TPSA) is 53.4 Å². The molecule has 0 spiro atoms. The standard InChI is InChI=1S/C14H15FN2O2S/c1-3-4-11-12(13(18)19)20-14(16-11)17(2)10-7-5-9(15)6-8-10/h5-8H,3-4H2,1-2H3,(H,18,19). The second kappa shape index (κ2) is 6.00. The number of hydrogen-bond acceptors (Lipinski definition) is 4. The van der Waals surface area contributed by atoms with Gasteiger partial charge in [-0.1, -0.05) is 24.7 Å². The Labute approximate surface area is 120 Å². The van der Waals surface area contributed by atoms with Gasteiger partial charge in [0, 0.05) is 12.7 Å². The number of thiazole rings is 1. The van der Waals surface area contributed by atoms with Crippen molar-refractivity contribution < 1.29 is 14.3 Å². The maximum atomic E-state index is 12.9. The van der Waals surface area contributed by atoms with Crippen molar-refractivity contribution in [1.29, 1.82) is 0 Å². The van der Waals surface area contributed by atoms with Gasteiger partial charge in [-0.3, -0.25) is 0 Å². The molecule has 0 amide bonds. The fraction of sp³-hybridized carbons (Fsp3) is 0.286. The van der Waals surface area contributed by atoms with Crippen LogP contribution in [0.5, 0.6) is 0 Å². The van der Waals surface area contributed by atoms with Crippen molar-refractivity contribution in [2.24, 2.45) is 0 Å². The number of halogens is 1. The van der Waals surface area contributed by atoms with Crippen LogP contribution >= 0.6 is 11.3 Å². The molecule has 20 heavy (non-hydrogen) atoms. The highest BCUT2D eigenvalue weighted by atomic mass is 32.1. The van der Waals surface area contributed by atoms with Gasteiger partial charge in [-0.2, -0.15) is 0 Å². The van der Waals surface area contributed by atoms with Crippen LogP contribution in [0.15, 0.2) is 24.3 Å². The maximum Gasteiger partial charge on any atom is 0.347 e. The van der Waals surface area contributed by atoms with Crippen LogP contribution in [0.4, 0.5) is 15.2 Å². The Morgan fingerprint density at radius 3 is 2.60 bits per heavy atom. The Bertz CT molecular complexity index is 610. The van der Waals surface area contributed by atoms with Crippen molar-refractivity contribution in [2.75, 3.05) is 11.9 Å². The molecule has 0 saturated carbocycles. The third kappa shape index (κ3) is 2.96. The lowest BCUT2D eigenvalue weighted by Gasteiger charge is -2.15. The molecular formula is C14H15FN2O2S. The number of rotatable bonds is 5. The van der Waals surface area contributed by atoms with Crippen molar-refractivity contribution in [1.82, 2.24) is 4.98 Å². The number of anilines is 2. The minimum Gasteiger partial charge on any atom is -0.477 e. The van der Waals surface area contributed by atoms with Gasteiger partial charge < -0.3 is 10.0 Å². The SMILES string of the molecule is CCCc1nc(N(C)c2ccc(F)cc2)sc1C(=O)O. The third-order valence-corrected chi connectivity index (χ3v) is 4.03. The Morgan fingerprint density at radius 2 is 2.05 bits per heavy atom. The fourth-order valence-electron chi connectivity index (χ4n) is 1.83. The fourth-order valence-corrected chi connectivity index (χ4v) is 2.76. The highest BCUT2D eigenvalue weighted by Crippen LogP contribution is 2.31. The molecule has 0 aliphatic heterocycles. The first-order valence-corrected chi connectivity index (χ1v) is 7.07. The van der Waals surface area contributed by atoms with E-state index in [2.05, 4.69) is 4.98 Å². The molecule has 4 nitrogen and oxygen atoms in total. The number of aromatic carboxylic acids is 1. The summed E-state index contributed by atoms with van der Waals surface area (Å²) in [5.74, 6) is -1.26. The van der Waals surface area contributed by atoms with Crippen LogP contribution in [0.2, 0.25) is 0 Å². The summed E-state index contributed by atoms with van der Waals surface area (Å²) >= 11 is 1.14. The molecule has 2 aromatic rings. The molecule has 0 aliphatic carbocycles. The zero-order valence-electron chi connectivity index (χ0n) is 11.3. The first-order chi connectivity index (χ1) is 9.52. The quantitative estimate of drug-likeness (QED) is 0.913. The Kier molecular flexibility index (Phi) is 4.34. The van der Waals surface area contributed by atoms with Crippen molar-refractivity contribution in [2.45, 2.75) is 19.8 Å². The van der Waals surface area contributed by atoms with Crippen LogP contribution in [0.25, 0.3) is 0 Å². The summed E-state index contributed by atoms with van der Waals surface area (Å²) in [6, 6.07) is 6.00. The zero-order chi connectivity index (χ0) is 14.7. The lowest BCUT2D eigenvalue weighted by molar-refractivity contribution is 0.0700. The van der Waals surface area contributed by atoms with Gasteiger partial charge in [-0.05, 0) is 30.7 Å². The van der Waals surface area contributed by atoms with Crippen molar-refractivity contribution in [3.63, 3.8) is 0 Å². The summed E-state index contributed by atoms with van der Waals surface area (Å²) in [6.07, 6.45) is 1.47. The molecule has 0 fully saturated rings. The van der Waals surface area contributed by atoms with Crippen LogP contribution in [-0.4, -0.2) is 23.1 Å². The van der Waals surface area contributed by atoms with Gasteiger partial charge in [0.2, 0.25) is 0 Å². The minimum atomic E-state index is -0.954. The van der Waals surface area contributed by atoms with Gasteiger partial charge >= 0.3 is 5.97 Å². The van der Waals surface area contributed by atoms with Gasteiger partial charge in [-0.25, -0.2) is 14.2 Å². The van der Waals surface area contributed by atoms with E-state index in [1.54, 1.807) is 24.1 Å². The summed E-state index contributed by atoms with van der Waals surface area (Å²) in [4.78, 5) is 17.6. The number of aryl methyl sites for hydroxylation is 1. The van der Waals surface area contributed by atoms with Crippen LogP contribution in [0.3, 0.4) is 0 Å². The molecule has 6 heteroatoms. The van der Waals surface area contributed by atoms with E-state index in [4.69, 9.17) is 0 Å². The lowest BCUT2D eigenvalue weighted by Crippen LogP contribution is -2.09. The van der Waals surface area contributed by atoms with Gasteiger partial charge in [0.25, 0.3) is 0 Å². The van der Waals surface area contributed by atoms with E-state index in [0.717, 1.165) is 23.4 Å². The lowest BCUT2D eigenvalue weighted by atomic mass is 10.2. The summed E-state index contributed by atoms with van der Waals surface area (Å²) < 4.78 is 12.9. The summed E-state index contributed by atoms with van der Waals surface area (Å²) in [6.45, 7) is 1.98. The molecule has 2 rings (SSSR count). The number of carboxylic acids is 1. The van der Waals surface area contributed by atoms with E-state index in [9.17, 15) is 14.3 Å². The van der Waals surface area contributed by atoms with Crippen LogP contribution < -0.4 is 4.90 Å². The van der Waals surface area contributed by atoms with Crippen LogP contribution in [0, 0.1) is 5.82 Å². The first kappa shape index (κ1) is 14.5. The number of carbonyl (C=O) groups is 1. The zero-order valence-corrected chi connectivity index (χ0v) is 12.1. The number of carboxylic acid groups (broad SMARTS) is 1. The molecule has 0 aliphatic rings. The van der Waals surface area contributed by atoms with Crippen molar-refractivity contribution >= 4 is 28.1 Å². The predicted octanol–water partition coefficient (Wildman–Crippen LogP) is 3.70. The number of benzene rings is 1. The van der Waals surface area contributed by atoms with E-state index in [1.165, 1.54) is 12.1 Å². The average molecular weight is 294 g/mol. The second-order valence-corrected chi connectivity index (χ2v) is 5.34. The van der Waals surface area contributed by atoms with E-state index in [-0.39, 0.29) is 10.7 Å². The smallest absolute Gasteiger partial charge is 0.347 e. The van der Waals surface area contributed by atoms with Gasteiger partial charge in [0.15, 0.2) is 5.13 Å². The molecule has 0 radical (unpaired) electrons. The maximum absolute atomic E-state index is 12.9. The first-order valence-electron chi connectivity index (χ1n) is 6.25. The summed E-state index contributed by atoms with van der Waals surface area (Å²) in [5.41, 5.74) is 1.37. The highest BCUT2D eigenvalue weighted by Gasteiger charge is 2.19. The monoisotopic (exact) mass is 294 g/mol. The number of nitrogens with zero attached hydrogens (tertiary/aromatic N) is 2. The van der Waals surface area contributed by atoms with E-state index >= 15 is 0 Å². The van der Waals surface area contributed by atoms with Crippen molar-refractivity contribution in [3.8, 4) is 0 Å². The molecule has 106 valence electrons. The molecule has 1 aromatic heterocycles. The number of hydrogen-bond donors (Lipinski definition) is 1. The molecule has 1 N–H and O–H groups in total. The van der Waals surface area contributed by atoms with Crippen LogP contribution in [0.1, 0.15) is 28.7 Å². The molecule has 1 aromatic carbocycles. The molecule has 0 saturated heterocycles. The molecule has 0 unspecified atom stereocenters. The molecule has 0 bridgehead atoms. The highest BCUT2D eigenvalue weighted by molar-refractivity contribution is 7.17. The summed E-state index contributed by atoms with van der Waals surface area (Å²) in [5, 5.41) is 9.79. The Morgan fingerprint density at radius 1 is 1.40 bits per heavy atom. The summed E-state index contributed by atoms with van der Waals surface area (Å²) in [7, 11) is 1.79.